The highest BCUT2D eigenvalue weighted by Gasteiger charge is 2.44. The second-order valence-electron chi connectivity index (χ2n) is 7.00. The first-order valence-corrected chi connectivity index (χ1v) is 9.92. The molecule has 1 aromatic heterocycles. The number of benzene rings is 1. The number of nitrogens with one attached hydrogen (secondary N) is 1. The molecule has 0 saturated carbocycles. The molecule has 1 aromatic carbocycles. The molecule has 0 bridgehead atoms. The third-order valence-electron chi connectivity index (χ3n) is 4.98. The monoisotopic (exact) mass is 433 g/mol. The van der Waals surface area contributed by atoms with Crippen molar-refractivity contribution in [2.24, 2.45) is 16.6 Å². The quantitative estimate of drug-likeness (QED) is 0.766. The standard InChI is InChI=1S/C20H18F3N5OS/c1-10-3-12(6-24)7-26-17(10)18(29)27-13-4-14(16(23)15(22)5-13)20(9-21)11(2)8-30-19(25)28-20/h3-5,7,11H,8-9H2,1-2H3,(H2,25,28)(H,27,29)/t11-,20+/m1/s1. The van der Waals surface area contributed by atoms with E-state index in [1.165, 1.54) is 24.0 Å². The maximum Gasteiger partial charge on any atom is 0.274 e. The van der Waals surface area contributed by atoms with Gasteiger partial charge < -0.3 is 11.1 Å². The van der Waals surface area contributed by atoms with Gasteiger partial charge in [0.25, 0.3) is 5.91 Å². The first-order valence-electron chi connectivity index (χ1n) is 8.93. The molecular formula is C20H18F3N5OS. The van der Waals surface area contributed by atoms with Gasteiger partial charge in [-0.3, -0.25) is 4.79 Å². The van der Waals surface area contributed by atoms with E-state index in [1.807, 2.05) is 6.07 Å². The molecule has 0 saturated heterocycles. The number of thioether (sulfide) groups is 1. The molecule has 2 heterocycles. The van der Waals surface area contributed by atoms with Crippen molar-refractivity contribution < 1.29 is 18.0 Å². The van der Waals surface area contributed by atoms with Crippen LogP contribution in [0.15, 0.2) is 29.4 Å². The van der Waals surface area contributed by atoms with E-state index in [4.69, 9.17) is 11.0 Å². The Morgan fingerprint density at radius 1 is 1.43 bits per heavy atom. The van der Waals surface area contributed by atoms with Crippen LogP contribution in [0.4, 0.5) is 18.9 Å². The third-order valence-corrected chi connectivity index (χ3v) is 6.04. The molecule has 0 spiro atoms. The van der Waals surface area contributed by atoms with Crippen LogP contribution in [0, 0.1) is 35.8 Å². The molecule has 0 fully saturated rings. The van der Waals surface area contributed by atoms with Gasteiger partial charge in [0.15, 0.2) is 16.8 Å². The SMILES string of the molecule is Cc1cc(C#N)cnc1C(=O)Nc1cc(F)c(F)c([C@@]2(CF)N=C(N)SC[C@H]2C)c1. The van der Waals surface area contributed by atoms with Crippen LogP contribution in [-0.4, -0.2) is 28.5 Å². The number of alkyl halides is 1. The molecule has 0 aliphatic carbocycles. The van der Waals surface area contributed by atoms with E-state index in [0.29, 0.717) is 11.3 Å². The second-order valence-corrected chi connectivity index (χ2v) is 8.04. The summed E-state index contributed by atoms with van der Waals surface area (Å²) in [5.41, 5.74) is 4.39. The highest BCUT2D eigenvalue weighted by Crippen LogP contribution is 2.42. The number of carbonyl (C=O) groups excluding carboxylic acids is 1. The number of aryl methyl sites for hydroxylation is 1. The molecule has 6 nitrogen and oxygen atoms in total. The lowest BCUT2D eigenvalue weighted by Gasteiger charge is -2.37. The van der Waals surface area contributed by atoms with Crippen LogP contribution < -0.4 is 11.1 Å². The normalized spacial score (nSPS) is 20.9. The maximum atomic E-state index is 14.7. The van der Waals surface area contributed by atoms with Crippen molar-refractivity contribution in [3.8, 4) is 6.07 Å². The van der Waals surface area contributed by atoms with E-state index in [9.17, 15) is 18.0 Å². The minimum absolute atomic E-state index is 0.0187. The van der Waals surface area contributed by atoms with Crippen molar-refractivity contribution in [2.75, 3.05) is 17.7 Å². The smallest absolute Gasteiger partial charge is 0.274 e. The Morgan fingerprint density at radius 3 is 2.80 bits per heavy atom. The number of nitriles is 1. The predicted molar refractivity (Wildman–Crippen MR) is 109 cm³/mol. The van der Waals surface area contributed by atoms with Gasteiger partial charge >= 0.3 is 0 Å². The summed E-state index contributed by atoms with van der Waals surface area (Å²) in [5, 5.41) is 11.4. The minimum atomic E-state index is -1.69. The van der Waals surface area contributed by atoms with E-state index < -0.39 is 35.7 Å². The number of hydrogen-bond acceptors (Lipinski definition) is 6. The molecule has 0 unspecified atom stereocenters. The van der Waals surface area contributed by atoms with Gasteiger partial charge in [0, 0.05) is 29.3 Å². The Bertz CT molecular complexity index is 1080. The number of amidine groups is 1. The maximum absolute atomic E-state index is 14.7. The van der Waals surface area contributed by atoms with Crippen molar-refractivity contribution in [2.45, 2.75) is 19.4 Å². The van der Waals surface area contributed by atoms with Gasteiger partial charge in [-0.15, -0.1) is 0 Å². The van der Waals surface area contributed by atoms with Crippen LogP contribution in [0.3, 0.4) is 0 Å². The molecule has 1 amide bonds. The Balaban J connectivity index is 2.03. The molecule has 156 valence electrons. The molecule has 2 aromatic rings. The van der Waals surface area contributed by atoms with Crippen LogP contribution in [0.2, 0.25) is 0 Å². The summed E-state index contributed by atoms with van der Waals surface area (Å²) in [6.45, 7) is 2.19. The lowest BCUT2D eigenvalue weighted by molar-refractivity contribution is 0.102. The number of halogens is 3. The summed E-state index contributed by atoms with van der Waals surface area (Å²) in [4.78, 5) is 20.6. The molecular weight excluding hydrogens is 415 g/mol. The van der Waals surface area contributed by atoms with Crippen LogP contribution in [0.1, 0.15) is 34.1 Å². The highest BCUT2D eigenvalue weighted by atomic mass is 32.2. The number of nitrogens with two attached hydrogens (primary N) is 1. The van der Waals surface area contributed by atoms with Crippen molar-refractivity contribution in [1.82, 2.24) is 4.98 Å². The van der Waals surface area contributed by atoms with Crippen molar-refractivity contribution >= 4 is 28.5 Å². The molecule has 30 heavy (non-hydrogen) atoms. The summed E-state index contributed by atoms with van der Waals surface area (Å²) >= 11 is 1.21. The largest absolute Gasteiger partial charge is 0.379 e. The van der Waals surface area contributed by atoms with Gasteiger partial charge in [0.05, 0.1) is 5.56 Å². The van der Waals surface area contributed by atoms with Crippen LogP contribution >= 0.6 is 11.8 Å². The van der Waals surface area contributed by atoms with Crippen molar-refractivity contribution in [3.05, 3.63) is 58.4 Å². The zero-order valence-corrected chi connectivity index (χ0v) is 17.0. The van der Waals surface area contributed by atoms with E-state index in [1.54, 1.807) is 13.8 Å². The molecule has 0 radical (unpaired) electrons. The Hall–Kier alpha value is -3.06. The number of amides is 1. The van der Waals surface area contributed by atoms with Gasteiger partial charge in [0.1, 0.15) is 24.0 Å². The average molecular weight is 433 g/mol. The number of anilines is 1. The number of hydrogen-bond donors (Lipinski definition) is 2. The number of nitrogens with zero attached hydrogens (tertiary/aromatic N) is 3. The summed E-state index contributed by atoms with van der Waals surface area (Å²) in [6.07, 6.45) is 1.23. The van der Waals surface area contributed by atoms with Gasteiger partial charge in [0.2, 0.25) is 0 Å². The lowest BCUT2D eigenvalue weighted by Crippen LogP contribution is -2.41. The molecule has 1 aliphatic rings. The Labute approximate surface area is 175 Å². The fourth-order valence-electron chi connectivity index (χ4n) is 3.29. The molecule has 3 rings (SSSR count). The van der Waals surface area contributed by atoms with Gasteiger partial charge in [-0.2, -0.15) is 5.26 Å². The first-order chi connectivity index (χ1) is 14.2. The lowest BCUT2D eigenvalue weighted by atomic mass is 9.80. The van der Waals surface area contributed by atoms with Crippen LogP contribution in [0.25, 0.3) is 0 Å². The Morgan fingerprint density at radius 2 is 2.17 bits per heavy atom. The van der Waals surface area contributed by atoms with Gasteiger partial charge in [-0.05, 0) is 30.5 Å². The number of aliphatic imine (C=N–C) groups is 1. The second kappa shape index (κ2) is 8.36. The van der Waals surface area contributed by atoms with E-state index in [0.717, 1.165) is 12.1 Å². The molecule has 3 N–H and O–H groups in total. The highest BCUT2D eigenvalue weighted by molar-refractivity contribution is 8.13. The average Bonchev–Trinajstić information content (AvgIpc) is 2.72. The summed E-state index contributed by atoms with van der Waals surface area (Å²) in [7, 11) is 0. The molecule has 2 atom stereocenters. The van der Waals surface area contributed by atoms with E-state index in [2.05, 4.69) is 15.3 Å². The summed E-state index contributed by atoms with van der Waals surface area (Å²) in [5.74, 6) is -3.26. The fourth-order valence-corrected chi connectivity index (χ4v) is 4.21. The number of rotatable bonds is 4. The van der Waals surface area contributed by atoms with E-state index in [-0.39, 0.29) is 27.7 Å². The van der Waals surface area contributed by atoms with Gasteiger partial charge in [-0.1, -0.05) is 18.7 Å². The zero-order chi connectivity index (χ0) is 22.1. The molecule has 10 heteroatoms. The zero-order valence-electron chi connectivity index (χ0n) is 16.2. The predicted octanol–water partition coefficient (Wildman–Crippen LogP) is 3.65. The van der Waals surface area contributed by atoms with Crippen molar-refractivity contribution in [1.29, 1.82) is 5.26 Å². The van der Waals surface area contributed by atoms with E-state index >= 15 is 0 Å². The summed E-state index contributed by atoms with van der Waals surface area (Å²) < 4.78 is 43.2. The first kappa shape index (κ1) is 21.6. The number of pyridine rings is 1. The number of aromatic nitrogens is 1. The van der Waals surface area contributed by atoms with Crippen LogP contribution in [-0.2, 0) is 5.54 Å². The fraction of sp³-hybridized carbons (Fsp3) is 0.300. The molecule has 1 aliphatic heterocycles. The number of carbonyl (C=O) groups is 1. The minimum Gasteiger partial charge on any atom is -0.379 e. The van der Waals surface area contributed by atoms with Crippen LogP contribution in [0.5, 0.6) is 0 Å². The topological polar surface area (TPSA) is 104 Å². The summed E-state index contributed by atoms with van der Waals surface area (Å²) in [6, 6.07) is 5.36. The Kier molecular flexibility index (Phi) is 6.03. The third kappa shape index (κ3) is 3.85. The van der Waals surface area contributed by atoms with Crippen molar-refractivity contribution in [3.63, 3.8) is 0 Å². The van der Waals surface area contributed by atoms with Gasteiger partial charge in [-0.25, -0.2) is 23.1 Å².